The molecule has 6 heteroatoms. The zero-order chi connectivity index (χ0) is 17.6. The molecule has 0 atom stereocenters. The summed E-state index contributed by atoms with van der Waals surface area (Å²) in [6.45, 7) is 2.45. The normalized spacial score (nSPS) is 15.9. The van der Waals surface area contributed by atoms with Gasteiger partial charge in [0.25, 0.3) is 0 Å². The molecule has 5 nitrogen and oxygen atoms in total. The first-order chi connectivity index (χ1) is 12.2. The van der Waals surface area contributed by atoms with Gasteiger partial charge in [-0.1, -0.05) is 12.1 Å². The highest BCUT2D eigenvalue weighted by Gasteiger charge is 2.24. The van der Waals surface area contributed by atoms with Gasteiger partial charge in [0.15, 0.2) is 5.78 Å². The summed E-state index contributed by atoms with van der Waals surface area (Å²) < 4.78 is 19.0. The Hall–Kier alpha value is -2.34. The lowest BCUT2D eigenvalue weighted by atomic mass is 9.89. The maximum atomic E-state index is 13.7. The number of carbonyl (C=O) groups is 1. The molecule has 1 aromatic carbocycles. The van der Waals surface area contributed by atoms with Crippen molar-refractivity contribution < 1.29 is 13.9 Å². The maximum Gasteiger partial charge on any atom is 0.236 e. The minimum atomic E-state index is -0.431. The van der Waals surface area contributed by atoms with Gasteiger partial charge >= 0.3 is 0 Å². The van der Waals surface area contributed by atoms with Crippen LogP contribution in [-0.4, -0.2) is 40.9 Å². The van der Waals surface area contributed by atoms with Gasteiger partial charge in [0, 0.05) is 25.4 Å². The molecule has 0 spiro atoms. The number of aromatic nitrogens is 2. The minimum Gasteiger partial charge on any atom is -0.480 e. The number of ketones is 1. The monoisotopic (exact) mass is 343 g/mol. The van der Waals surface area contributed by atoms with Crippen molar-refractivity contribution in [2.75, 3.05) is 20.2 Å². The van der Waals surface area contributed by atoms with Crippen molar-refractivity contribution in [2.24, 2.45) is 5.92 Å². The van der Waals surface area contributed by atoms with Crippen molar-refractivity contribution in [1.29, 1.82) is 0 Å². The highest BCUT2D eigenvalue weighted by Crippen LogP contribution is 2.25. The molecule has 1 aliphatic heterocycles. The number of rotatable bonds is 6. The van der Waals surface area contributed by atoms with Crippen LogP contribution in [0.4, 0.5) is 4.39 Å². The molecule has 1 aliphatic rings. The van der Waals surface area contributed by atoms with E-state index in [9.17, 15) is 9.18 Å². The Balaban J connectivity index is 1.52. The summed E-state index contributed by atoms with van der Waals surface area (Å²) in [5, 5.41) is 0. The Labute approximate surface area is 146 Å². The summed E-state index contributed by atoms with van der Waals surface area (Å²) in [4.78, 5) is 23.1. The van der Waals surface area contributed by atoms with Gasteiger partial charge in [-0.25, -0.2) is 9.37 Å². The first-order valence-corrected chi connectivity index (χ1v) is 8.51. The van der Waals surface area contributed by atoms with E-state index in [0.29, 0.717) is 24.8 Å². The second-order valence-electron chi connectivity index (χ2n) is 6.34. The molecule has 0 N–H and O–H groups in total. The largest absolute Gasteiger partial charge is 0.480 e. The standard InChI is InChI=1S/C19H22FN3O2/c1-25-19-17(21-8-9-22-19)13-23-10-6-14(7-11-23)12-18(24)15-4-2-3-5-16(15)20/h2-5,8-9,14H,6-7,10-13H2,1H3. The van der Waals surface area contributed by atoms with Crippen molar-refractivity contribution in [2.45, 2.75) is 25.8 Å². The zero-order valence-electron chi connectivity index (χ0n) is 14.3. The maximum absolute atomic E-state index is 13.7. The number of methoxy groups -OCH3 is 1. The summed E-state index contributed by atoms with van der Waals surface area (Å²) in [5.41, 5.74) is 1.03. The lowest BCUT2D eigenvalue weighted by molar-refractivity contribution is 0.0920. The molecule has 0 saturated carbocycles. The Morgan fingerprint density at radius 1 is 1.24 bits per heavy atom. The van der Waals surface area contributed by atoms with Crippen LogP contribution in [0.3, 0.4) is 0 Å². The van der Waals surface area contributed by atoms with Crippen LogP contribution in [0.5, 0.6) is 5.88 Å². The SMILES string of the molecule is COc1nccnc1CN1CCC(CC(=O)c2ccccc2F)CC1. The van der Waals surface area contributed by atoms with E-state index in [1.54, 1.807) is 37.7 Å². The van der Waals surface area contributed by atoms with Crippen LogP contribution in [0.15, 0.2) is 36.7 Å². The molecule has 0 radical (unpaired) electrons. The molecule has 0 amide bonds. The number of Topliss-reactive ketones (excluding diaryl/α,β-unsaturated/α-hetero) is 1. The highest BCUT2D eigenvalue weighted by atomic mass is 19.1. The van der Waals surface area contributed by atoms with Crippen LogP contribution < -0.4 is 4.74 Å². The lowest BCUT2D eigenvalue weighted by Crippen LogP contribution is -2.34. The third-order valence-electron chi connectivity index (χ3n) is 4.66. The van der Waals surface area contributed by atoms with Crippen LogP contribution in [0.25, 0.3) is 0 Å². The summed E-state index contributed by atoms with van der Waals surface area (Å²) in [5.74, 6) is 0.318. The van der Waals surface area contributed by atoms with Crippen LogP contribution in [0.1, 0.15) is 35.3 Å². The van der Waals surface area contributed by atoms with Gasteiger partial charge in [-0.05, 0) is 44.0 Å². The molecular weight excluding hydrogens is 321 g/mol. The molecule has 25 heavy (non-hydrogen) atoms. The average molecular weight is 343 g/mol. The number of nitrogens with zero attached hydrogens (tertiary/aromatic N) is 3. The number of benzene rings is 1. The molecule has 132 valence electrons. The van der Waals surface area contributed by atoms with Gasteiger partial charge < -0.3 is 4.74 Å². The molecule has 2 heterocycles. The van der Waals surface area contributed by atoms with Gasteiger partial charge in [0.2, 0.25) is 5.88 Å². The fourth-order valence-electron chi connectivity index (χ4n) is 3.25. The Bertz CT molecular complexity index is 730. The lowest BCUT2D eigenvalue weighted by Gasteiger charge is -2.31. The number of likely N-dealkylation sites (tertiary alicyclic amines) is 1. The summed E-state index contributed by atoms with van der Waals surface area (Å²) in [7, 11) is 1.59. The first kappa shape index (κ1) is 17.5. The smallest absolute Gasteiger partial charge is 0.236 e. The number of carbonyl (C=O) groups excluding carboxylic acids is 1. The fraction of sp³-hybridized carbons (Fsp3) is 0.421. The average Bonchev–Trinajstić information content (AvgIpc) is 2.64. The molecule has 3 rings (SSSR count). The highest BCUT2D eigenvalue weighted by molar-refractivity contribution is 5.96. The quantitative estimate of drug-likeness (QED) is 0.755. The fourth-order valence-corrected chi connectivity index (χ4v) is 3.25. The van der Waals surface area contributed by atoms with Gasteiger partial charge in [-0.3, -0.25) is 14.7 Å². The predicted octanol–water partition coefficient (Wildman–Crippen LogP) is 3.11. The van der Waals surface area contributed by atoms with Crippen molar-refractivity contribution in [3.8, 4) is 5.88 Å². The van der Waals surface area contributed by atoms with Crippen molar-refractivity contribution >= 4 is 5.78 Å². The molecule has 0 unspecified atom stereocenters. The summed E-state index contributed by atoms with van der Waals surface area (Å²) in [6.07, 6.45) is 5.52. The van der Waals surface area contributed by atoms with E-state index in [2.05, 4.69) is 14.9 Å². The number of halogens is 1. The van der Waals surface area contributed by atoms with E-state index < -0.39 is 5.82 Å². The van der Waals surface area contributed by atoms with Crippen molar-refractivity contribution in [3.05, 3.63) is 53.7 Å². The van der Waals surface area contributed by atoms with E-state index in [4.69, 9.17) is 4.74 Å². The van der Waals surface area contributed by atoms with E-state index in [-0.39, 0.29) is 11.3 Å². The Morgan fingerprint density at radius 3 is 2.68 bits per heavy atom. The number of hydrogen-bond acceptors (Lipinski definition) is 5. The third-order valence-corrected chi connectivity index (χ3v) is 4.66. The molecule has 0 bridgehead atoms. The van der Waals surface area contributed by atoms with Crippen LogP contribution in [0.2, 0.25) is 0 Å². The van der Waals surface area contributed by atoms with Crippen LogP contribution >= 0.6 is 0 Å². The van der Waals surface area contributed by atoms with Crippen molar-refractivity contribution in [1.82, 2.24) is 14.9 Å². The van der Waals surface area contributed by atoms with Gasteiger partial charge in [-0.2, -0.15) is 0 Å². The van der Waals surface area contributed by atoms with E-state index >= 15 is 0 Å². The second-order valence-corrected chi connectivity index (χ2v) is 6.34. The van der Waals surface area contributed by atoms with Crippen LogP contribution in [-0.2, 0) is 6.54 Å². The van der Waals surface area contributed by atoms with Gasteiger partial charge in [0.1, 0.15) is 11.5 Å². The van der Waals surface area contributed by atoms with Gasteiger partial charge in [-0.15, -0.1) is 0 Å². The third kappa shape index (κ3) is 4.39. The molecule has 2 aromatic rings. The first-order valence-electron chi connectivity index (χ1n) is 8.51. The second kappa shape index (κ2) is 8.16. The molecule has 1 fully saturated rings. The Kier molecular flexibility index (Phi) is 5.71. The van der Waals surface area contributed by atoms with E-state index in [1.807, 2.05) is 0 Å². The Morgan fingerprint density at radius 2 is 1.96 bits per heavy atom. The molecule has 1 saturated heterocycles. The minimum absolute atomic E-state index is 0.104. The molecule has 1 aromatic heterocycles. The number of hydrogen-bond donors (Lipinski definition) is 0. The topological polar surface area (TPSA) is 55.3 Å². The van der Waals surface area contributed by atoms with Crippen LogP contribution in [0, 0.1) is 11.7 Å². The predicted molar refractivity (Wildman–Crippen MR) is 91.9 cm³/mol. The molecule has 0 aliphatic carbocycles. The van der Waals surface area contributed by atoms with E-state index in [1.165, 1.54) is 6.07 Å². The zero-order valence-corrected chi connectivity index (χ0v) is 14.3. The van der Waals surface area contributed by atoms with E-state index in [0.717, 1.165) is 31.6 Å². The van der Waals surface area contributed by atoms with Crippen molar-refractivity contribution in [3.63, 3.8) is 0 Å². The number of ether oxygens (including phenoxy) is 1. The number of piperidine rings is 1. The summed E-state index contributed by atoms with van der Waals surface area (Å²) in [6, 6.07) is 6.20. The van der Waals surface area contributed by atoms with Gasteiger partial charge in [0.05, 0.1) is 12.7 Å². The summed E-state index contributed by atoms with van der Waals surface area (Å²) >= 11 is 0. The molecular formula is C19H22FN3O2.